The van der Waals surface area contributed by atoms with E-state index in [1.54, 1.807) is 11.9 Å². The fourth-order valence-electron chi connectivity index (χ4n) is 2.09. The molecule has 1 aliphatic heterocycles. The van der Waals surface area contributed by atoms with Crippen molar-refractivity contribution in [2.45, 2.75) is 18.9 Å². The Bertz CT molecular complexity index is 542. The van der Waals surface area contributed by atoms with Gasteiger partial charge in [-0.3, -0.25) is 14.6 Å². The maximum Gasteiger partial charge on any atom is 0.325 e. The summed E-state index contributed by atoms with van der Waals surface area (Å²) in [4.78, 5) is 40.5. The monoisotopic (exact) mass is 252 g/mol. The zero-order valence-corrected chi connectivity index (χ0v) is 10.2. The lowest BCUT2D eigenvalue weighted by Crippen LogP contribution is -2.48. The molecule has 1 atom stereocenters. The Hall–Kier alpha value is -1.89. The number of hydrogen-bond acceptors (Lipinski definition) is 4. The van der Waals surface area contributed by atoms with Gasteiger partial charge in [-0.1, -0.05) is 0 Å². The van der Waals surface area contributed by atoms with Crippen LogP contribution in [0.15, 0.2) is 15.8 Å². The molecule has 98 valence electrons. The first kappa shape index (κ1) is 12.6. The topological polar surface area (TPSA) is 98.1 Å². The summed E-state index contributed by atoms with van der Waals surface area (Å²) in [5.74, 6) is -0.374. The number of carbonyl (C=O) groups excluding carboxylic acids is 1. The van der Waals surface area contributed by atoms with E-state index in [0.29, 0.717) is 0 Å². The van der Waals surface area contributed by atoms with Crippen LogP contribution in [0.4, 0.5) is 0 Å². The Morgan fingerprint density at radius 1 is 1.44 bits per heavy atom. The lowest BCUT2D eigenvalue weighted by atomic mass is 10.1. The van der Waals surface area contributed by atoms with Gasteiger partial charge in [0.2, 0.25) is 0 Å². The SMILES string of the molecule is CN(C(=O)c1c[nH]c(=O)[nH]c1=O)C1CCCNC1. The molecule has 0 radical (unpaired) electrons. The number of nitrogens with zero attached hydrogens (tertiary/aromatic N) is 1. The van der Waals surface area contributed by atoms with Gasteiger partial charge in [0.1, 0.15) is 5.56 Å². The molecule has 18 heavy (non-hydrogen) atoms. The van der Waals surface area contributed by atoms with Gasteiger partial charge >= 0.3 is 5.69 Å². The normalized spacial score (nSPS) is 19.5. The Morgan fingerprint density at radius 3 is 2.83 bits per heavy atom. The first-order valence-corrected chi connectivity index (χ1v) is 5.89. The second kappa shape index (κ2) is 5.18. The molecule has 7 nitrogen and oxygen atoms in total. The number of likely N-dealkylation sites (N-methyl/N-ethyl adjacent to an activating group) is 1. The summed E-state index contributed by atoms with van der Waals surface area (Å²) < 4.78 is 0. The molecule has 1 aromatic heterocycles. The zero-order valence-electron chi connectivity index (χ0n) is 10.2. The third-order valence-electron chi connectivity index (χ3n) is 3.19. The van der Waals surface area contributed by atoms with E-state index in [4.69, 9.17) is 0 Å². The minimum Gasteiger partial charge on any atom is -0.337 e. The van der Waals surface area contributed by atoms with Crippen molar-refractivity contribution in [1.82, 2.24) is 20.2 Å². The Morgan fingerprint density at radius 2 is 2.22 bits per heavy atom. The summed E-state index contributed by atoms with van der Waals surface area (Å²) >= 11 is 0. The maximum absolute atomic E-state index is 12.1. The number of piperidine rings is 1. The van der Waals surface area contributed by atoms with Gasteiger partial charge in [0.05, 0.1) is 0 Å². The molecule has 0 aromatic carbocycles. The van der Waals surface area contributed by atoms with Gasteiger partial charge in [-0.15, -0.1) is 0 Å². The number of aromatic nitrogens is 2. The first-order chi connectivity index (χ1) is 8.59. The van der Waals surface area contributed by atoms with Crippen LogP contribution in [-0.2, 0) is 0 Å². The van der Waals surface area contributed by atoms with E-state index in [1.807, 2.05) is 4.98 Å². The standard InChI is InChI=1S/C11H16N4O3/c1-15(7-3-2-4-12-5-7)10(17)8-6-13-11(18)14-9(8)16/h6-7,12H,2-5H2,1H3,(H2,13,14,16,18). The molecule has 0 spiro atoms. The quantitative estimate of drug-likeness (QED) is 0.621. The molecule has 1 aliphatic rings. The molecule has 2 rings (SSSR count). The van der Waals surface area contributed by atoms with Crippen molar-refractivity contribution >= 4 is 5.91 Å². The lowest BCUT2D eigenvalue weighted by molar-refractivity contribution is 0.0706. The smallest absolute Gasteiger partial charge is 0.325 e. The summed E-state index contributed by atoms with van der Waals surface area (Å²) in [5, 5.41) is 3.21. The average Bonchev–Trinajstić information content (AvgIpc) is 2.38. The van der Waals surface area contributed by atoms with Crippen LogP contribution < -0.4 is 16.6 Å². The molecule has 0 aliphatic carbocycles. The number of amides is 1. The average molecular weight is 252 g/mol. The number of rotatable bonds is 2. The summed E-state index contributed by atoms with van der Waals surface area (Å²) in [6.07, 6.45) is 3.08. The van der Waals surface area contributed by atoms with Crippen LogP contribution >= 0.6 is 0 Å². The first-order valence-electron chi connectivity index (χ1n) is 5.89. The van der Waals surface area contributed by atoms with E-state index in [9.17, 15) is 14.4 Å². The molecule has 1 unspecified atom stereocenters. The minimum absolute atomic E-state index is 0.0392. The van der Waals surface area contributed by atoms with Gasteiger partial charge in [-0.25, -0.2) is 4.79 Å². The third kappa shape index (κ3) is 2.51. The third-order valence-corrected chi connectivity index (χ3v) is 3.19. The van der Waals surface area contributed by atoms with E-state index in [1.165, 1.54) is 0 Å². The van der Waals surface area contributed by atoms with Crippen molar-refractivity contribution < 1.29 is 4.79 Å². The van der Waals surface area contributed by atoms with Gasteiger partial charge in [-0.2, -0.15) is 0 Å². The second-order valence-corrected chi connectivity index (χ2v) is 4.40. The van der Waals surface area contributed by atoms with Crippen molar-refractivity contribution in [3.63, 3.8) is 0 Å². The zero-order chi connectivity index (χ0) is 13.1. The number of nitrogens with one attached hydrogen (secondary N) is 3. The lowest BCUT2D eigenvalue weighted by Gasteiger charge is -2.31. The number of H-pyrrole nitrogens is 2. The van der Waals surface area contributed by atoms with Gasteiger partial charge in [-0.05, 0) is 19.4 Å². The highest BCUT2D eigenvalue weighted by atomic mass is 16.2. The highest BCUT2D eigenvalue weighted by Gasteiger charge is 2.24. The summed E-state index contributed by atoms with van der Waals surface area (Å²) in [5.41, 5.74) is -1.31. The molecular weight excluding hydrogens is 236 g/mol. The molecule has 1 fully saturated rings. The molecule has 1 amide bonds. The van der Waals surface area contributed by atoms with Gasteiger partial charge in [0, 0.05) is 25.8 Å². The van der Waals surface area contributed by atoms with E-state index in [-0.39, 0.29) is 17.5 Å². The van der Waals surface area contributed by atoms with Crippen LogP contribution in [0.25, 0.3) is 0 Å². The van der Waals surface area contributed by atoms with Crippen molar-refractivity contribution in [2.75, 3.05) is 20.1 Å². The summed E-state index contributed by atoms with van der Waals surface area (Å²) in [6, 6.07) is 0.0811. The molecular formula is C11H16N4O3. The Balaban J connectivity index is 2.19. The van der Waals surface area contributed by atoms with Crippen LogP contribution in [0, 0.1) is 0 Å². The molecule has 1 aromatic rings. The van der Waals surface area contributed by atoms with E-state index >= 15 is 0 Å². The highest BCUT2D eigenvalue weighted by Crippen LogP contribution is 2.10. The van der Waals surface area contributed by atoms with E-state index in [2.05, 4.69) is 10.3 Å². The maximum atomic E-state index is 12.1. The number of carbonyl (C=O) groups is 1. The van der Waals surface area contributed by atoms with Gasteiger partial charge in [0.15, 0.2) is 0 Å². The predicted molar refractivity (Wildman–Crippen MR) is 65.7 cm³/mol. The Labute approximate surface area is 103 Å². The highest BCUT2D eigenvalue weighted by molar-refractivity contribution is 5.93. The van der Waals surface area contributed by atoms with E-state index in [0.717, 1.165) is 32.1 Å². The van der Waals surface area contributed by atoms with Crippen molar-refractivity contribution in [2.24, 2.45) is 0 Å². The molecule has 2 heterocycles. The minimum atomic E-state index is -0.653. The van der Waals surface area contributed by atoms with Crippen LogP contribution in [-0.4, -0.2) is 47.0 Å². The van der Waals surface area contributed by atoms with E-state index < -0.39 is 11.2 Å². The number of aromatic amines is 2. The second-order valence-electron chi connectivity index (χ2n) is 4.40. The van der Waals surface area contributed by atoms with Crippen molar-refractivity contribution in [1.29, 1.82) is 0 Å². The fourth-order valence-corrected chi connectivity index (χ4v) is 2.09. The fraction of sp³-hybridized carbons (Fsp3) is 0.545. The van der Waals surface area contributed by atoms with Crippen LogP contribution in [0.2, 0.25) is 0 Å². The molecule has 1 saturated heterocycles. The molecule has 3 N–H and O–H groups in total. The predicted octanol–water partition coefficient (Wildman–Crippen LogP) is -1.11. The Kier molecular flexibility index (Phi) is 3.61. The van der Waals surface area contributed by atoms with Gasteiger partial charge in [0.25, 0.3) is 11.5 Å². The summed E-state index contributed by atoms with van der Waals surface area (Å²) in [7, 11) is 1.67. The number of hydrogen-bond donors (Lipinski definition) is 3. The van der Waals surface area contributed by atoms with Crippen LogP contribution in [0.5, 0.6) is 0 Å². The summed E-state index contributed by atoms with van der Waals surface area (Å²) in [6.45, 7) is 1.68. The van der Waals surface area contributed by atoms with Gasteiger partial charge < -0.3 is 15.2 Å². The van der Waals surface area contributed by atoms with Crippen molar-refractivity contribution in [3.8, 4) is 0 Å². The molecule has 0 bridgehead atoms. The van der Waals surface area contributed by atoms with Crippen LogP contribution in [0.3, 0.4) is 0 Å². The largest absolute Gasteiger partial charge is 0.337 e. The molecule has 7 heteroatoms. The molecule has 0 saturated carbocycles. The van der Waals surface area contributed by atoms with Crippen LogP contribution in [0.1, 0.15) is 23.2 Å². The van der Waals surface area contributed by atoms with Crippen molar-refractivity contribution in [3.05, 3.63) is 32.6 Å².